The monoisotopic (exact) mass is 773 g/mol. The Bertz CT molecular complexity index is 1320. The number of ether oxygens (including phenoxy) is 3. The van der Waals surface area contributed by atoms with Crippen molar-refractivity contribution in [3.05, 3.63) is 0 Å². The Balaban J connectivity index is 0.000000414. The van der Waals surface area contributed by atoms with Gasteiger partial charge >= 0.3 is 18.3 Å². The molecule has 5 aliphatic heterocycles. The first-order chi connectivity index (χ1) is 26.5. The van der Waals surface area contributed by atoms with E-state index in [0.717, 1.165) is 30.8 Å². The third-order valence-electron chi connectivity index (χ3n) is 8.49. The van der Waals surface area contributed by atoms with Gasteiger partial charge in [-0.2, -0.15) is 0 Å². The van der Waals surface area contributed by atoms with Crippen LogP contribution < -0.4 is 5.32 Å². The molecule has 13 heteroatoms. The summed E-state index contributed by atoms with van der Waals surface area (Å²) in [4.78, 5) is 64.3. The van der Waals surface area contributed by atoms with E-state index < -0.39 is 60.5 Å². The van der Waals surface area contributed by atoms with Crippen LogP contribution in [0.15, 0.2) is 0 Å². The zero-order chi connectivity index (χ0) is 44.2. The average molecular weight is 773 g/mol. The standard InChI is InChI=1S/C15H28N2O2.2C10H17NO3.C5H11N.CH4/c1-15(2,3)19-14(18)17-11-7-13(8-12-17)16-9-5-4-6-10-16;2*1-10(2,3)14-9(13)11-6-4-8(12)5-7-11;1-2-4-6-5-3-1;/h13H,4-12H2,1-3H3;2*4-7H2,1-3H3;6H,1-5H2;1H4/i13D;4D2,5D2;;;. The lowest BCUT2D eigenvalue weighted by Crippen LogP contribution is -2.49. The Morgan fingerprint density at radius 2 is 0.944 bits per heavy atom. The highest BCUT2D eigenvalue weighted by atomic mass is 16.6. The van der Waals surface area contributed by atoms with Crippen molar-refractivity contribution in [3.63, 3.8) is 0 Å². The van der Waals surface area contributed by atoms with E-state index >= 15 is 0 Å². The van der Waals surface area contributed by atoms with Crippen molar-refractivity contribution in [1.82, 2.24) is 24.9 Å². The highest BCUT2D eigenvalue weighted by molar-refractivity contribution is 5.82. The lowest BCUT2D eigenvalue weighted by molar-refractivity contribution is -0.122. The molecule has 5 rings (SSSR count). The Morgan fingerprint density at radius 3 is 1.30 bits per heavy atom. The predicted molar refractivity (Wildman–Crippen MR) is 214 cm³/mol. The molecule has 5 heterocycles. The molecule has 5 aliphatic rings. The third-order valence-corrected chi connectivity index (χ3v) is 8.49. The maximum atomic E-state index is 12.0. The lowest BCUT2D eigenvalue weighted by atomic mass is 10.0. The van der Waals surface area contributed by atoms with Crippen molar-refractivity contribution in [3.8, 4) is 0 Å². The van der Waals surface area contributed by atoms with E-state index in [1.54, 1.807) is 30.6 Å². The molecule has 0 aromatic heterocycles. The van der Waals surface area contributed by atoms with Crippen LogP contribution in [-0.4, -0.2) is 138 Å². The van der Waals surface area contributed by atoms with Crippen molar-refractivity contribution < 1.29 is 45.0 Å². The Labute approximate surface area is 334 Å². The summed E-state index contributed by atoms with van der Waals surface area (Å²) in [7, 11) is 0. The van der Waals surface area contributed by atoms with Gasteiger partial charge in [0.05, 0.1) is 0 Å². The van der Waals surface area contributed by atoms with Gasteiger partial charge in [-0.25, -0.2) is 14.4 Å². The third kappa shape index (κ3) is 21.8. The minimum absolute atomic E-state index is 0. The Hall–Kier alpha value is -2.93. The van der Waals surface area contributed by atoms with E-state index in [1.165, 1.54) is 51.6 Å². The molecule has 0 saturated carbocycles. The molecule has 54 heavy (non-hydrogen) atoms. The summed E-state index contributed by atoms with van der Waals surface area (Å²) < 4.78 is 54.2. The van der Waals surface area contributed by atoms with Gasteiger partial charge in [0.1, 0.15) is 28.4 Å². The molecule has 0 aliphatic carbocycles. The Morgan fingerprint density at radius 1 is 0.574 bits per heavy atom. The van der Waals surface area contributed by atoms with Crippen molar-refractivity contribution >= 4 is 29.8 Å². The fraction of sp³-hybridized carbons (Fsp3) is 0.878. The molecule has 13 nitrogen and oxygen atoms in total. The van der Waals surface area contributed by atoms with Gasteiger partial charge in [-0.3, -0.25) is 9.59 Å². The number of ketones is 2. The predicted octanol–water partition coefficient (Wildman–Crippen LogP) is 7.44. The smallest absolute Gasteiger partial charge is 0.410 e. The number of Topliss-reactive ketones (excluding diaryl/α,β-unsaturated/α-hetero) is 2. The number of nitrogens with zero attached hydrogens (tertiary/aromatic N) is 4. The van der Waals surface area contributed by atoms with Crippen LogP contribution in [0.3, 0.4) is 0 Å². The fourth-order valence-electron chi connectivity index (χ4n) is 5.78. The van der Waals surface area contributed by atoms with Crippen LogP contribution in [0.4, 0.5) is 14.4 Å². The van der Waals surface area contributed by atoms with E-state index in [4.69, 9.17) is 21.1 Å². The molecule has 0 unspecified atom stereocenters. The first-order valence-corrected chi connectivity index (χ1v) is 19.5. The van der Waals surface area contributed by atoms with Crippen LogP contribution in [-0.2, 0) is 23.8 Å². The van der Waals surface area contributed by atoms with Gasteiger partial charge in [0, 0.05) is 77.7 Å². The summed E-state index contributed by atoms with van der Waals surface area (Å²) in [5.74, 6) is -0.903. The number of carbonyl (C=O) groups excluding carboxylic acids is 5. The molecule has 5 saturated heterocycles. The quantitative estimate of drug-likeness (QED) is 0.268. The van der Waals surface area contributed by atoms with Gasteiger partial charge < -0.3 is 39.1 Å². The van der Waals surface area contributed by atoms with E-state index in [2.05, 4.69) is 10.2 Å². The number of carbonyl (C=O) groups is 5. The second-order valence-corrected chi connectivity index (χ2v) is 16.9. The summed E-state index contributed by atoms with van der Waals surface area (Å²) in [6.07, 6.45) is 4.14. The van der Waals surface area contributed by atoms with Gasteiger partial charge in [0.15, 0.2) is 0 Å². The summed E-state index contributed by atoms with van der Waals surface area (Å²) in [6.45, 7) is 22.0. The minimum Gasteiger partial charge on any atom is -0.444 e. The highest BCUT2D eigenvalue weighted by Crippen LogP contribution is 2.22. The van der Waals surface area contributed by atoms with Gasteiger partial charge in [0.2, 0.25) is 0 Å². The fourth-order valence-corrected chi connectivity index (χ4v) is 5.78. The highest BCUT2D eigenvalue weighted by Gasteiger charge is 2.30. The summed E-state index contributed by atoms with van der Waals surface area (Å²) >= 11 is 0. The summed E-state index contributed by atoms with van der Waals surface area (Å²) in [6, 6.07) is -0.473. The SMILES string of the molecule is C.C1CCNCC1.CC(C)(C)OC(=O)N1CCC(=O)CC1.[2H]C1(N2CCCCC2)CCN(C(=O)OC(C)(C)C)CC1.[2H]C1([2H])CN(C(=O)OC(C)(C)C)CC([2H])([2H])C1=O. The molecule has 0 aromatic rings. The minimum atomic E-state index is -2.39. The number of rotatable bonds is 1. The lowest BCUT2D eigenvalue weighted by Gasteiger charge is -2.40. The number of hydrogen-bond acceptors (Lipinski definition) is 10. The molecular weight excluding hydrogens is 690 g/mol. The number of hydrogen-bond donors (Lipinski definition) is 1. The van der Waals surface area contributed by atoms with Gasteiger partial charge in [-0.05, 0) is 127 Å². The van der Waals surface area contributed by atoms with Crippen LogP contribution in [0.2, 0.25) is 0 Å². The van der Waals surface area contributed by atoms with E-state index in [0.29, 0.717) is 39.0 Å². The molecular formula is C41H77N5O8. The molecule has 314 valence electrons. The molecule has 0 bridgehead atoms. The molecule has 3 amide bonds. The average Bonchev–Trinajstić information content (AvgIpc) is 3.11. The molecule has 0 spiro atoms. The van der Waals surface area contributed by atoms with Crippen LogP contribution in [0.25, 0.3) is 0 Å². The van der Waals surface area contributed by atoms with Crippen molar-refractivity contribution in [2.75, 3.05) is 65.4 Å². The maximum Gasteiger partial charge on any atom is 0.410 e. The van der Waals surface area contributed by atoms with Gasteiger partial charge in [-0.15, -0.1) is 0 Å². The zero-order valence-electron chi connectivity index (χ0n) is 39.2. The first-order valence-electron chi connectivity index (χ1n) is 22.0. The topological polar surface area (TPSA) is 138 Å². The normalized spacial score (nSPS) is 24.2. The maximum absolute atomic E-state index is 12.0. The summed E-state index contributed by atoms with van der Waals surface area (Å²) in [5.41, 5.74) is -1.66. The molecule has 0 atom stereocenters. The second kappa shape index (κ2) is 23.9. The Kier molecular flexibility index (Phi) is 18.0. The van der Waals surface area contributed by atoms with Gasteiger partial charge in [0.25, 0.3) is 0 Å². The van der Waals surface area contributed by atoms with Gasteiger partial charge in [-0.1, -0.05) is 20.3 Å². The number of nitrogens with one attached hydrogen (secondary N) is 1. The number of piperidine rings is 5. The molecule has 5 fully saturated rings. The zero-order valence-corrected chi connectivity index (χ0v) is 34.2. The van der Waals surface area contributed by atoms with E-state index in [-0.39, 0.29) is 25.4 Å². The summed E-state index contributed by atoms with van der Waals surface area (Å²) in [5, 5.41) is 3.28. The van der Waals surface area contributed by atoms with Crippen molar-refractivity contribution in [2.45, 2.75) is 170 Å². The van der Waals surface area contributed by atoms with E-state index in [9.17, 15) is 24.0 Å². The van der Waals surface area contributed by atoms with E-state index in [1.807, 2.05) is 41.5 Å². The van der Waals surface area contributed by atoms with Crippen LogP contribution in [0.1, 0.15) is 154 Å². The van der Waals surface area contributed by atoms with Crippen LogP contribution in [0.5, 0.6) is 0 Å². The molecule has 0 aromatic carbocycles. The van der Waals surface area contributed by atoms with Crippen LogP contribution in [0, 0.1) is 0 Å². The second-order valence-electron chi connectivity index (χ2n) is 16.9. The molecule has 1 N–H and O–H groups in total. The van der Waals surface area contributed by atoms with Crippen molar-refractivity contribution in [1.29, 1.82) is 0 Å². The largest absolute Gasteiger partial charge is 0.444 e. The van der Waals surface area contributed by atoms with Crippen LogP contribution >= 0.6 is 0 Å². The van der Waals surface area contributed by atoms with Crippen molar-refractivity contribution in [2.24, 2.45) is 0 Å². The number of amides is 3. The number of likely N-dealkylation sites (tertiary alicyclic amines) is 4. The first kappa shape index (κ1) is 40.7. The molecule has 0 radical (unpaired) electrons.